The Morgan fingerprint density at radius 3 is 2.35 bits per heavy atom. The molecule has 37 heavy (non-hydrogen) atoms. The van der Waals surface area contributed by atoms with E-state index in [1.54, 1.807) is 0 Å². The van der Waals surface area contributed by atoms with Crippen molar-refractivity contribution in [3.05, 3.63) is 68.8 Å². The highest BCUT2D eigenvalue weighted by atomic mass is 35.5. The molecule has 2 aliphatic rings. The lowest BCUT2D eigenvalue weighted by Gasteiger charge is -2.45. The minimum atomic E-state index is -4.12. The van der Waals surface area contributed by atoms with E-state index in [1.807, 2.05) is 0 Å². The number of nitrogens with zero attached hydrogens (tertiary/aromatic N) is 3. The highest BCUT2D eigenvalue weighted by Crippen LogP contribution is 2.53. The maximum Gasteiger partial charge on any atom is 0.255 e. The molecule has 4 rings (SSSR count). The number of carbonyl (C=O) groups excluding carboxylic acids is 1. The van der Waals surface area contributed by atoms with Gasteiger partial charge in [0.1, 0.15) is 0 Å². The van der Waals surface area contributed by atoms with E-state index < -0.39 is 62.0 Å². The van der Waals surface area contributed by atoms with E-state index in [0.717, 1.165) is 6.07 Å². The number of aliphatic hydroxyl groups is 2. The number of amides is 1. The summed E-state index contributed by atoms with van der Waals surface area (Å²) in [6.45, 7) is -0.345. The number of carbonyl (C=O) groups is 1. The Balaban J connectivity index is 1.58. The fourth-order valence-electron chi connectivity index (χ4n) is 5.47. The van der Waals surface area contributed by atoms with Crippen LogP contribution in [0.2, 0.25) is 5.02 Å². The van der Waals surface area contributed by atoms with Gasteiger partial charge in [-0.1, -0.05) is 16.7 Å². The zero-order valence-corrected chi connectivity index (χ0v) is 20.7. The lowest BCUT2D eigenvalue weighted by molar-refractivity contribution is -0.137. The van der Waals surface area contributed by atoms with Crippen molar-refractivity contribution in [2.75, 3.05) is 11.9 Å². The van der Waals surface area contributed by atoms with E-state index in [9.17, 15) is 36.6 Å². The van der Waals surface area contributed by atoms with Crippen molar-refractivity contribution in [2.24, 2.45) is 17.0 Å². The normalized spacial score (nSPS) is 25.8. The van der Waals surface area contributed by atoms with Gasteiger partial charge in [0, 0.05) is 28.3 Å². The van der Waals surface area contributed by atoms with Crippen LogP contribution >= 0.6 is 11.6 Å². The summed E-state index contributed by atoms with van der Waals surface area (Å²) < 4.78 is 67.3. The maximum absolute atomic E-state index is 13.6. The predicted molar refractivity (Wildman–Crippen MR) is 127 cm³/mol. The molecule has 9 nitrogen and oxygen atoms in total. The third kappa shape index (κ3) is 4.89. The fraction of sp³-hybridized carbons (Fsp3) is 0.435. The van der Waals surface area contributed by atoms with Crippen molar-refractivity contribution in [2.45, 2.75) is 47.5 Å². The van der Waals surface area contributed by atoms with Gasteiger partial charge in [0.2, 0.25) is 0 Å². The largest absolute Gasteiger partial charge is 0.390 e. The molecule has 0 radical (unpaired) electrons. The average Bonchev–Trinajstić information content (AvgIpc) is 3.01. The number of azide groups is 1. The zero-order chi connectivity index (χ0) is 27.1. The summed E-state index contributed by atoms with van der Waals surface area (Å²) in [5, 5.41) is 26.1. The summed E-state index contributed by atoms with van der Waals surface area (Å²) in [6, 6.07) is 4.63. The molecule has 3 N–H and O–H groups in total. The SMILES string of the molecule is [N-]=[N+]=NCC(O)C1(O)C2CC[C@H]1CC(S(=O)(=O)c1cc(C(=O)Nc3cc(F)c(F)c(F)c3)ccc1Cl)C2. The van der Waals surface area contributed by atoms with Crippen LogP contribution in [0.25, 0.3) is 10.4 Å². The quantitative estimate of drug-likeness (QED) is 0.199. The number of sulfone groups is 1. The first kappa shape index (κ1) is 27.2. The lowest BCUT2D eigenvalue weighted by atomic mass is 9.71. The summed E-state index contributed by atoms with van der Waals surface area (Å²) in [6.07, 6.45) is -0.364. The Bertz CT molecular complexity index is 1370. The van der Waals surface area contributed by atoms with Crippen molar-refractivity contribution in [3.8, 4) is 0 Å². The summed E-state index contributed by atoms with van der Waals surface area (Å²) >= 11 is 6.19. The highest BCUT2D eigenvalue weighted by molar-refractivity contribution is 7.92. The number of halogens is 4. The molecule has 198 valence electrons. The number of aliphatic hydroxyl groups excluding tert-OH is 1. The van der Waals surface area contributed by atoms with Crippen LogP contribution in [-0.4, -0.2) is 48.0 Å². The smallest absolute Gasteiger partial charge is 0.255 e. The molecule has 0 saturated heterocycles. The summed E-state index contributed by atoms with van der Waals surface area (Å²) in [4.78, 5) is 14.9. The number of anilines is 1. The first-order valence-electron chi connectivity index (χ1n) is 11.3. The molecular weight excluding hydrogens is 537 g/mol. The molecule has 0 aliphatic heterocycles. The zero-order valence-electron chi connectivity index (χ0n) is 19.1. The molecule has 0 spiro atoms. The van der Waals surface area contributed by atoms with Gasteiger partial charge in [0.25, 0.3) is 5.91 Å². The first-order valence-corrected chi connectivity index (χ1v) is 13.2. The van der Waals surface area contributed by atoms with E-state index >= 15 is 0 Å². The molecule has 14 heteroatoms. The standard InChI is InChI=1S/C23H22ClF3N4O5S/c24-16-4-1-11(22(33)30-14-8-17(25)21(27)18(26)9-14)5-19(16)37(35,36)15-6-12-2-3-13(7-15)23(12,34)20(32)10-29-31-28/h1,4-5,8-9,12-13,15,20,32,34H,2-3,6-7,10H2,(H,30,33)/t12-,13?,15?,20?,23?/m0/s1. The topological polar surface area (TPSA) is 152 Å². The summed E-state index contributed by atoms with van der Waals surface area (Å²) in [7, 11) is -4.12. The second-order valence-electron chi connectivity index (χ2n) is 9.28. The number of fused-ring (bicyclic) bond motifs is 2. The Hall–Kier alpha value is -2.83. The molecule has 1 amide bonds. The van der Waals surface area contributed by atoms with Crippen LogP contribution in [0, 0.1) is 29.3 Å². The minimum Gasteiger partial charge on any atom is -0.390 e. The second-order valence-corrected chi connectivity index (χ2v) is 11.9. The Morgan fingerprint density at radius 2 is 1.78 bits per heavy atom. The monoisotopic (exact) mass is 558 g/mol. The van der Waals surface area contributed by atoms with Crippen molar-refractivity contribution in [1.29, 1.82) is 0 Å². The van der Waals surface area contributed by atoms with Crippen molar-refractivity contribution in [3.63, 3.8) is 0 Å². The van der Waals surface area contributed by atoms with Crippen LogP contribution in [0.1, 0.15) is 36.0 Å². The van der Waals surface area contributed by atoms with Crippen LogP contribution < -0.4 is 5.32 Å². The predicted octanol–water partition coefficient (Wildman–Crippen LogP) is 4.37. The number of hydrogen-bond acceptors (Lipinski definition) is 6. The van der Waals surface area contributed by atoms with Gasteiger partial charge >= 0.3 is 0 Å². The van der Waals surface area contributed by atoms with E-state index in [2.05, 4.69) is 15.3 Å². The van der Waals surface area contributed by atoms with Gasteiger partial charge in [-0.05, 0) is 61.2 Å². The molecule has 2 fully saturated rings. The minimum absolute atomic E-state index is 0.0174. The molecule has 2 aromatic carbocycles. The van der Waals surface area contributed by atoms with Crippen LogP contribution in [0.5, 0.6) is 0 Å². The lowest BCUT2D eigenvalue weighted by Crippen LogP contribution is -2.56. The van der Waals surface area contributed by atoms with Crippen LogP contribution in [0.3, 0.4) is 0 Å². The van der Waals surface area contributed by atoms with E-state index in [-0.39, 0.29) is 40.6 Å². The molecular formula is C23H22ClF3N4O5S. The molecule has 5 atom stereocenters. The Morgan fingerprint density at radius 1 is 1.19 bits per heavy atom. The van der Waals surface area contributed by atoms with E-state index in [0.29, 0.717) is 25.0 Å². The number of hydrogen-bond donors (Lipinski definition) is 3. The maximum atomic E-state index is 13.6. The Kier molecular flexibility index (Phi) is 7.46. The summed E-state index contributed by atoms with van der Waals surface area (Å²) in [5.74, 6) is -6.75. The third-order valence-corrected chi connectivity index (χ3v) is 9.95. The average molecular weight is 559 g/mol. The van der Waals surface area contributed by atoms with Gasteiger partial charge in [0.05, 0.1) is 33.4 Å². The molecule has 0 aromatic heterocycles. The van der Waals surface area contributed by atoms with Gasteiger partial charge in [-0.15, -0.1) is 0 Å². The van der Waals surface area contributed by atoms with Crippen molar-refractivity contribution < 1.29 is 36.6 Å². The van der Waals surface area contributed by atoms with Gasteiger partial charge in [-0.3, -0.25) is 4.79 Å². The van der Waals surface area contributed by atoms with Crippen LogP contribution in [0.15, 0.2) is 40.3 Å². The second kappa shape index (κ2) is 10.1. The van der Waals surface area contributed by atoms with E-state index in [1.165, 1.54) is 12.1 Å². The summed E-state index contributed by atoms with van der Waals surface area (Å²) in [5.41, 5.74) is 6.39. The van der Waals surface area contributed by atoms with Crippen molar-refractivity contribution >= 4 is 33.0 Å². The fourth-order valence-corrected chi connectivity index (χ4v) is 7.87. The van der Waals surface area contributed by atoms with Gasteiger partial charge in [0.15, 0.2) is 27.3 Å². The van der Waals surface area contributed by atoms with Gasteiger partial charge < -0.3 is 15.5 Å². The first-order chi connectivity index (χ1) is 17.4. The van der Waals surface area contributed by atoms with Crippen LogP contribution in [-0.2, 0) is 9.84 Å². The number of rotatable bonds is 7. The molecule has 2 aromatic rings. The van der Waals surface area contributed by atoms with Crippen LogP contribution in [0.4, 0.5) is 18.9 Å². The molecule has 4 unspecified atom stereocenters. The molecule has 0 heterocycles. The van der Waals surface area contributed by atoms with Gasteiger partial charge in [-0.2, -0.15) is 0 Å². The molecule has 2 saturated carbocycles. The third-order valence-electron chi connectivity index (χ3n) is 7.30. The van der Waals surface area contributed by atoms with E-state index in [4.69, 9.17) is 17.1 Å². The number of benzene rings is 2. The molecule has 2 bridgehead atoms. The molecule has 2 aliphatic carbocycles. The van der Waals surface area contributed by atoms with Crippen molar-refractivity contribution in [1.82, 2.24) is 0 Å². The van der Waals surface area contributed by atoms with Gasteiger partial charge in [-0.25, -0.2) is 21.6 Å². The number of nitrogens with one attached hydrogen (secondary N) is 1. The highest BCUT2D eigenvalue weighted by Gasteiger charge is 2.58. The Labute approximate surface area is 214 Å².